The molecule has 0 aliphatic rings. The molecule has 0 aliphatic carbocycles. The van der Waals surface area contributed by atoms with Gasteiger partial charge in [0.25, 0.3) is 0 Å². The number of aromatic nitrogens is 4. The van der Waals surface area contributed by atoms with E-state index in [-0.39, 0.29) is 11.5 Å². The molecule has 4 rings (SSSR count). The SMILES string of the molecule is O=C(O)Oc1cnn(-c2nc3cc(-c4ccc(O)cc4)ccc3[nH]2)c1. The van der Waals surface area contributed by atoms with E-state index in [1.54, 1.807) is 12.1 Å². The number of aromatic hydroxyl groups is 1. The van der Waals surface area contributed by atoms with Crippen molar-refractivity contribution in [2.45, 2.75) is 0 Å². The van der Waals surface area contributed by atoms with E-state index in [0.29, 0.717) is 5.95 Å². The van der Waals surface area contributed by atoms with E-state index in [0.717, 1.165) is 22.2 Å². The van der Waals surface area contributed by atoms with Crippen LogP contribution in [0.15, 0.2) is 54.9 Å². The van der Waals surface area contributed by atoms with Gasteiger partial charge in [-0.25, -0.2) is 14.5 Å². The van der Waals surface area contributed by atoms with Crippen molar-refractivity contribution in [3.8, 4) is 28.6 Å². The van der Waals surface area contributed by atoms with Crippen LogP contribution in [0.5, 0.6) is 11.5 Å². The lowest BCUT2D eigenvalue weighted by Gasteiger charge is -2.01. The Morgan fingerprint density at radius 3 is 2.64 bits per heavy atom. The van der Waals surface area contributed by atoms with E-state index in [2.05, 4.69) is 19.8 Å². The van der Waals surface area contributed by atoms with Crippen molar-refractivity contribution < 1.29 is 19.7 Å². The second kappa shape index (κ2) is 5.68. The minimum Gasteiger partial charge on any atom is -0.508 e. The van der Waals surface area contributed by atoms with Gasteiger partial charge in [-0.1, -0.05) is 18.2 Å². The number of aromatic amines is 1. The highest BCUT2D eigenvalue weighted by Gasteiger charge is 2.10. The van der Waals surface area contributed by atoms with E-state index in [1.165, 1.54) is 17.1 Å². The summed E-state index contributed by atoms with van der Waals surface area (Å²) in [6.07, 6.45) is 1.32. The van der Waals surface area contributed by atoms with Crippen LogP contribution in [-0.4, -0.2) is 36.1 Å². The minimum atomic E-state index is -1.40. The van der Waals surface area contributed by atoms with Gasteiger partial charge < -0.3 is 19.9 Å². The Morgan fingerprint density at radius 2 is 1.88 bits per heavy atom. The average Bonchev–Trinajstić information content (AvgIpc) is 3.20. The maximum absolute atomic E-state index is 10.6. The van der Waals surface area contributed by atoms with Gasteiger partial charge in [0.15, 0.2) is 5.75 Å². The highest BCUT2D eigenvalue weighted by Crippen LogP contribution is 2.25. The van der Waals surface area contributed by atoms with Gasteiger partial charge in [0.05, 0.1) is 23.4 Å². The third-order valence-corrected chi connectivity index (χ3v) is 3.65. The number of hydrogen-bond acceptors (Lipinski definition) is 5. The molecule has 2 aromatic heterocycles. The summed E-state index contributed by atoms with van der Waals surface area (Å²) in [6, 6.07) is 12.7. The van der Waals surface area contributed by atoms with E-state index >= 15 is 0 Å². The van der Waals surface area contributed by atoms with Gasteiger partial charge >= 0.3 is 6.16 Å². The standard InChI is InChI=1S/C17H12N4O4/c22-12-4-1-10(2-5-12)11-3-6-14-15(7-11)20-16(19-14)21-9-13(8-18-21)25-17(23)24/h1-9,22H,(H,19,20)(H,23,24). The van der Waals surface area contributed by atoms with Gasteiger partial charge in [0.2, 0.25) is 5.95 Å². The number of imidazole rings is 1. The third-order valence-electron chi connectivity index (χ3n) is 3.65. The number of nitrogens with zero attached hydrogens (tertiary/aromatic N) is 3. The average molecular weight is 336 g/mol. The van der Waals surface area contributed by atoms with Crippen molar-refractivity contribution in [2.75, 3.05) is 0 Å². The molecule has 0 saturated carbocycles. The molecular weight excluding hydrogens is 324 g/mol. The number of phenolic OH excluding ortho intramolecular Hbond substituents is 1. The summed E-state index contributed by atoms with van der Waals surface area (Å²) in [6.45, 7) is 0. The molecule has 25 heavy (non-hydrogen) atoms. The van der Waals surface area contributed by atoms with Crippen LogP contribution < -0.4 is 4.74 Å². The summed E-state index contributed by atoms with van der Waals surface area (Å²) in [5, 5.41) is 22.0. The quantitative estimate of drug-likeness (QED) is 0.495. The molecule has 0 radical (unpaired) electrons. The number of H-pyrrole nitrogens is 1. The number of hydrogen-bond donors (Lipinski definition) is 3. The fourth-order valence-corrected chi connectivity index (χ4v) is 2.51. The van der Waals surface area contributed by atoms with Gasteiger partial charge in [0.1, 0.15) is 5.75 Å². The molecule has 2 aromatic carbocycles. The zero-order valence-corrected chi connectivity index (χ0v) is 12.7. The van der Waals surface area contributed by atoms with Crippen LogP contribution in [0.3, 0.4) is 0 Å². The Hall–Kier alpha value is -3.81. The molecular formula is C17H12N4O4. The maximum Gasteiger partial charge on any atom is 0.511 e. The summed E-state index contributed by atoms with van der Waals surface area (Å²) in [5.74, 6) is 0.765. The highest BCUT2D eigenvalue weighted by molar-refractivity contribution is 5.82. The van der Waals surface area contributed by atoms with Crippen molar-refractivity contribution in [2.24, 2.45) is 0 Å². The monoisotopic (exact) mass is 336 g/mol. The number of benzene rings is 2. The smallest absolute Gasteiger partial charge is 0.508 e. The van der Waals surface area contributed by atoms with Crippen molar-refractivity contribution in [1.29, 1.82) is 0 Å². The molecule has 0 atom stereocenters. The normalized spacial score (nSPS) is 10.9. The van der Waals surface area contributed by atoms with Gasteiger partial charge in [0, 0.05) is 0 Å². The number of carboxylic acid groups (broad SMARTS) is 1. The van der Waals surface area contributed by atoms with Crippen LogP contribution in [0.2, 0.25) is 0 Å². The first kappa shape index (κ1) is 14.8. The molecule has 0 bridgehead atoms. The zero-order valence-electron chi connectivity index (χ0n) is 12.7. The summed E-state index contributed by atoms with van der Waals surface area (Å²) < 4.78 is 5.95. The Bertz CT molecular complexity index is 1070. The van der Waals surface area contributed by atoms with Gasteiger partial charge in [-0.05, 0) is 35.4 Å². The summed E-state index contributed by atoms with van der Waals surface area (Å²) in [5.41, 5.74) is 3.46. The fraction of sp³-hybridized carbons (Fsp3) is 0. The molecule has 0 saturated heterocycles. The number of phenols is 1. The number of ether oxygens (including phenoxy) is 1. The van der Waals surface area contributed by atoms with Crippen molar-refractivity contribution >= 4 is 17.2 Å². The first-order valence-corrected chi connectivity index (χ1v) is 7.33. The van der Waals surface area contributed by atoms with Crippen LogP contribution in [-0.2, 0) is 0 Å². The number of fused-ring (bicyclic) bond motifs is 1. The van der Waals surface area contributed by atoms with E-state index in [9.17, 15) is 9.90 Å². The van der Waals surface area contributed by atoms with E-state index < -0.39 is 6.16 Å². The molecule has 3 N–H and O–H groups in total. The van der Waals surface area contributed by atoms with Crippen LogP contribution in [0.25, 0.3) is 28.1 Å². The molecule has 0 unspecified atom stereocenters. The number of rotatable bonds is 3. The van der Waals surface area contributed by atoms with Crippen molar-refractivity contribution in [3.63, 3.8) is 0 Å². The van der Waals surface area contributed by atoms with Gasteiger partial charge in [-0.15, -0.1) is 0 Å². The Labute approximate surface area is 140 Å². The highest BCUT2D eigenvalue weighted by atomic mass is 16.7. The Morgan fingerprint density at radius 1 is 1.12 bits per heavy atom. The predicted molar refractivity (Wildman–Crippen MR) is 89.0 cm³/mol. The largest absolute Gasteiger partial charge is 0.511 e. The first-order chi connectivity index (χ1) is 12.1. The molecule has 0 aliphatic heterocycles. The minimum absolute atomic E-state index is 0.109. The van der Waals surface area contributed by atoms with Crippen LogP contribution in [0.4, 0.5) is 4.79 Å². The lowest BCUT2D eigenvalue weighted by molar-refractivity contribution is 0.144. The van der Waals surface area contributed by atoms with Crippen molar-refractivity contribution in [3.05, 3.63) is 54.9 Å². The summed E-state index contributed by atoms with van der Waals surface area (Å²) in [7, 11) is 0. The second-order valence-electron chi connectivity index (χ2n) is 5.33. The third kappa shape index (κ3) is 2.88. The topological polar surface area (TPSA) is 113 Å². The number of carbonyl (C=O) groups is 1. The molecule has 0 fully saturated rings. The lowest BCUT2D eigenvalue weighted by Crippen LogP contribution is -2.02. The molecule has 8 nitrogen and oxygen atoms in total. The van der Waals surface area contributed by atoms with Crippen LogP contribution in [0.1, 0.15) is 0 Å². The number of nitrogens with one attached hydrogen (secondary N) is 1. The summed E-state index contributed by atoms with van der Waals surface area (Å²) >= 11 is 0. The van der Waals surface area contributed by atoms with E-state index in [1.807, 2.05) is 30.3 Å². The Kier molecular flexibility index (Phi) is 3.35. The molecule has 8 heteroatoms. The fourth-order valence-electron chi connectivity index (χ4n) is 2.51. The maximum atomic E-state index is 10.6. The molecule has 0 spiro atoms. The van der Waals surface area contributed by atoms with Crippen LogP contribution in [0, 0.1) is 0 Å². The van der Waals surface area contributed by atoms with Crippen LogP contribution >= 0.6 is 0 Å². The molecule has 124 valence electrons. The summed E-state index contributed by atoms with van der Waals surface area (Å²) in [4.78, 5) is 18.1. The first-order valence-electron chi connectivity index (χ1n) is 7.33. The zero-order chi connectivity index (χ0) is 17.4. The van der Waals surface area contributed by atoms with Gasteiger partial charge in [-0.3, -0.25) is 0 Å². The second-order valence-corrected chi connectivity index (χ2v) is 5.33. The van der Waals surface area contributed by atoms with Gasteiger partial charge in [-0.2, -0.15) is 5.10 Å². The van der Waals surface area contributed by atoms with Crippen molar-refractivity contribution in [1.82, 2.24) is 19.7 Å². The van der Waals surface area contributed by atoms with E-state index in [4.69, 9.17) is 5.11 Å². The molecule has 4 aromatic rings. The Balaban J connectivity index is 1.69. The lowest BCUT2D eigenvalue weighted by atomic mass is 10.1. The molecule has 2 heterocycles. The predicted octanol–water partition coefficient (Wildman–Crippen LogP) is 3.18. The molecule has 0 amide bonds.